The third kappa shape index (κ3) is 66.7. The molecule has 0 aromatic heterocycles. The number of hydrogen-bond donors (Lipinski definition) is 3. The van der Waals surface area contributed by atoms with Crippen molar-refractivity contribution < 1.29 is 80.2 Å². The van der Waals surface area contributed by atoms with Crippen LogP contribution in [0.3, 0.4) is 0 Å². The third-order valence-electron chi connectivity index (χ3n) is 17.0. The highest BCUT2D eigenvalue weighted by molar-refractivity contribution is 7.47. The molecule has 0 rings (SSSR count). The van der Waals surface area contributed by atoms with E-state index < -0.39 is 97.5 Å². The number of esters is 4. The van der Waals surface area contributed by atoms with E-state index in [2.05, 4.69) is 41.5 Å². The molecule has 0 aliphatic rings. The lowest BCUT2D eigenvalue weighted by Gasteiger charge is -2.21. The maximum Gasteiger partial charge on any atom is 0.472 e. The minimum atomic E-state index is -4.95. The van der Waals surface area contributed by atoms with Crippen LogP contribution in [0.1, 0.15) is 375 Å². The highest BCUT2D eigenvalue weighted by Crippen LogP contribution is 2.45. The molecule has 0 heterocycles. The fourth-order valence-corrected chi connectivity index (χ4v) is 12.7. The second kappa shape index (κ2) is 65.0. The molecule has 5 atom stereocenters. The summed E-state index contributed by atoms with van der Waals surface area (Å²) in [5.74, 6) is -0.536. The van der Waals surface area contributed by atoms with Crippen LogP contribution in [0.15, 0.2) is 0 Å². The molecule has 17 nitrogen and oxygen atoms in total. The lowest BCUT2D eigenvalue weighted by Crippen LogP contribution is -2.30. The average molecular weight is 1350 g/mol. The summed E-state index contributed by atoms with van der Waals surface area (Å²) < 4.78 is 68.3. The van der Waals surface area contributed by atoms with E-state index in [0.29, 0.717) is 25.7 Å². The van der Waals surface area contributed by atoms with Gasteiger partial charge in [0, 0.05) is 25.7 Å². The van der Waals surface area contributed by atoms with E-state index in [9.17, 15) is 43.2 Å². The molecule has 0 bridgehead atoms. The first-order chi connectivity index (χ1) is 44.4. The first-order valence-electron chi connectivity index (χ1n) is 38.0. The molecule has 0 amide bonds. The highest BCUT2D eigenvalue weighted by Gasteiger charge is 2.30. The van der Waals surface area contributed by atoms with Gasteiger partial charge < -0.3 is 33.8 Å². The van der Waals surface area contributed by atoms with E-state index in [0.717, 1.165) is 115 Å². The summed E-state index contributed by atoms with van der Waals surface area (Å²) in [7, 11) is -9.90. The Hall–Kier alpha value is -1.94. The second-order valence-electron chi connectivity index (χ2n) is 27.3. The van der Waals surface area contributed by atoms with Gasteiger partial charge in [-0.2, -0.15) is 0 Å². The number of hydrogen-bond acceptors (Lipinski definition) is 15. The Morgan fingerprint density at radius 1 is 0.293 bits per heavy atom. The predicted octanol–water partition coefficient (Wildman–Crippen LogP) is 21.2. The van der Waals surface area contributed by atoms with Crippen molar-refractivity contribution in [3.63, 3.8) is 0 Å². The number of phosphoric ester groups is 2. The number of carbonyl (C=O) groups excluding carboxylic acids is 4. The van der Waals surface area contributed by atoms with Crippen molar-refractivity contribution >= 4 is 39.5 Å². The summed E-state index contributed by atoms with van der Waals surface area (Å²) in [6.45, 7) is 9.58. The summed E-state index contributed by atoms with van der Waals surface area (Å²) in [6.07, 6.45) is 51.4. The largest absolute Gasteiger partial charge is 0.472 e. The first-order valence-corrected chi connectivity index (χ1v) is 41.0. The van der Waals surface area contributed by atoms with E-state index in [-0.39, 0.29) is 25.7 Å². The first kappa shape index (κ1) is 90.1. The Kier molecular flexibility index (Phi) is 63.7. The quantitative estimate of drug-likeness (QED) is 0.0222. The van der Waals surface area contributed by atoms with Gasteiger partial charge in [0.25, 0.3) is 0 Å². The van der Waals surface area contributed by atoms with Gasteiger partial charge in [0.05, 0.1) is 26.4 Å². The van der Waals surface area contributed by atoms with Gasteiger partial charge in [0.1, 0.15) is 19.3 Å². The molecule has 0 aromatic carbocycles. The topological polar surface area (TPSA) is 237 Å². The summed E-state index contributed by atoms with van der Waals surface area (Å²) in [6, 6.07) is 0. The zero-order chi connectivity index (χ0) is 67.9. The Bertz CT molecular complexity index is 1790. The van der Waals surface area contributed by atoms with Crippen molar-refractivity contribution in [2.24, 2.45) is 11.8 Å². The molecule has 0 spiro atoms. The lowest BCUT2D eigenvalue weighted by atomic mass is 10.0. The van der Waals surface area contributed by atoms with Gasteiger partial charge in [-0.15, -0.1) is 0 Å². The van der Waals surface area contributed by atoms with Crippen molar-refractivity contribution in [1.29, 1.82) is 0 Å². The summed E-state index contributed by atoms with van der Waals surface area (Å²) in [5, 5.41) is 10.6. The number of carbonyl (C=O) groups is 4. The van der Waals surface area contributed by atoms with Crippen LogP contribution in [0.5, 0.6) is 0 Å². The Labute approximate surface area is 562 Å². The summed E-state index contributed by atoms with van der Waals surface area (Å²) in [5.41, 5.74) is 0. The second-order valence-corrected chi connectivity index (χ2v) is 30.2. The molecule has 0 saturated carbocycles. The number of ether oxygens (including phenoxy) is 4. The van der Waals surface area contributed by atoms with Crippen LogP contribution < -0.4 is 0 Å². The molecule has 19 heteroatoms. The Morgan fingerprint density at radius 3 is 0.739 bits per heavy atom. The van der Waals surface area contributed by atoms with Crippen LogP contribution in [-0.4, -0.2) is 96.7 Å². The number of rotatable bonds is 72. The van der Waals surface area contributed by atoms with Gasteiger partial charge >= 0.3 is 39.5 Å². The number of phosphoric acid groups is 2. The third-order valence-corrected chi connectivity index (χ3v) is 18.9. The van der Waals surface area contributed by atoms with E-state index in [1.807, 2.05) is 0 Å². The van der Waals surface area contributed by atoms with Gasteiger partial charge in [-0.3, -0.25) is 37.3 Å². The molecule has 0 aliphatic heterocycles. The van der Waals surface area contributed by atoms with Crippen molar-refractivity contribution in [2.75, 3.05) is 39.6 Å². The van der Waals surface area contributed by atoms with Crippen molar-refractivity contribution in [1.82, 2.24) is 0 Å². The molecule has 92 heavy (non-hydrogen) atoms. The monoisotopic (exact) mass is 1350 g/mol. The fraction of sp³-hybridized carbons (Fsp3) is 0.945. The SMILES string of the molecule is CCCCCCCCCCCCCCC(=O)O[C@H](COC(=O)CCCCCCCCC)COP(=O)(O)OC[C@H](O)COP(=O)(O)OC[C@@H](COC(=O)CCCCCCCCCCCCCCCC(C)C)OC(=O)CCCCCCCCCCCCCCCCC(C)C. The van der Waals surface area contributed by atoms with Crippen LogP contribution in [0.4, 0.5) is 0 Å². The normalized spacial score (nSPS) is 14.1. The molecular formula is C73H142O17P2. The molecule has 546 valence electrons. The number of aliphatic hydroxyl groups is 1. The Balaban J connectivity index is 5.20. The highest BCUT2D eigenvalue weighted by atomic mass is 31.2. The average Bonchev–Trinajstić information content (AvgIpc) is 3.15. The minimum Gasteiger partial charge on any atom is -0.462 e. The molecule has 0 aromatic rings. The van der Waals surface area contributed by atoms with Crippen LogP contribution in [0, 0.1) is 11.8 Å². The predicted molar refractivity (Wildman–Crippen MR) is 372 cm³/mol. The molecule has 2 unspecified atom stereocenters. The molecular weight excluding hydrogens is 1210 g/mol. The zero-order valence-corrected chi connectivity index (χ0v) is 61.6. The van der Waals surface area contributed by atoms with Crippen LogP contribution >= 0.6 is 15.6 Å². The zero-order valence-electron chi connectivity index (χ0n) is 59.9. The number of unbranched alkanes of at least 4 members (excludes halogenated alkanes) is 42. The molecule has 3 N–H and O–H groups in total. The van der Waals surface area contributed by atoms with E-state index >= 15 is 0 Å². The maximum absolute atomic E-state index is 13.1. The molecule has 0 saturated heterocycles. The molecule has 0 aliphatic carbocycles. The lowest BCUT2D eigenvalue weighted by molar-refractivity contribution is -0.161. The van der Waals surface area contributed by atoms with Crippen LogP contribution in [0.25, 0.3) is 0 Å². The van der Waals surface area contributed by atoms with Crippen molar-refractivity contribution in [3.8, 4) is 0 Å². The number of aliphatic hydroxyl groups excluding tert-OH is 1. The van der Waals surface area contributed by atoms with Crippen LogP contribution in [0.2, 0.25) is 0 Å². The minimum absolute atomic E-state index is 0.107. The van der Waals surface area contributed by atoms with Crippen molar-refractivity contribution in [3.05, 3.63) is 0 Å². The van der Waals surface area contributed by atoms with Gasteiger partial charge in [0.15, 0.2) is 12.2 Å². The van der Waals surface area contributed by atoms with Crippen LogP contribution in [-0.2, 0) is 65.4 Å². The van der Waals surface area contributed by atoms with Gasteiger partial charge in [-0.05, 0) is 37.5 Å². The van der Waals surface area contributed by atoms with Crippen molar-refractivity contribution in [2.45, 2.75) is 394 Å². The standard InChI is InChI=1S/C73H142O17P2/c1-7-9-11-13-15-16-17-27-33-39-45-51-57-72(77)89-68(61-83-70(75)55-49-43-35-14-12-10-8-2)63-87-91(79,80)85-59-67(74)60-86-92(81,82)88-64-69(62-84-71(76)56-50-44-38-32-28-24-20-22-26-31-37-42-48-54-66(5)6)90-73(78)58-52-46-40-34-29-23-19-18-21-25-30-36-41-47-53-65(3)4/h65-69,74H,7-64H2,1-6H3,(H,79,80)(H,81,82)/t67-,68+,69+/m0/s1. The van der Waals surface area contributed by atoms with Gasteiger partial charge in [0.2, 0.25) is 0 Å². The summed E-state index contributed by atoms with van der Waals surface area (Å²) in [4.78, 5) is 72.5. The van der Waals surface area contributed by atoms with Gasteiger partial charge in [-0.25, -0.2) is 9.13 Å². The maximum atomic E-state index is 13.1. The van der Waals surface area contributed by atoms with Gasteiger partial charge in [-0.1, -0.05) is 324 Å². The van der Waals surface area contributed by atoms with E-state index in [1.165, 1.54) is 180 Å². The molecule has 0 radical (unpaired) electrons. The van der Waals surface area contributed by atoms with E-state index in [4.69, 9.17) is 37.0 Å². The Morgan fingerprint density at radius 2 is 0.500 bits per heavy atom. The fourth-order valence-electron chi connectivity index (χ4n) is 11.1. The molecule has 0 fully saturated rings. The summed E-state index contributed by atoms with van der Waals surface area (Å²) >= 11 is 0. The smallest absolute Gasteiger partial charge is 0.462 e. The van der Waals surface area contributed by atoms with E-state index in [1.54, 1.807) is 0 Å².